The SMILES string of the molecule is [Co].c1ccc(Oc2ccccc2)cc1. The second-order valence-corrected chi connectivity index (χ2v) is 2.73. The summed E-state index contributed by atoms with van der Waals surface area (Å²) in [6, 6.07) is 19.5. The Morgan fingerprint density at radius 3 is 1.29 bits per heavy atom. The minimum atomic E-state index is 0. The van der Waals surface area contributed by atoms with Gasteiger partial charge in [-0.2, -0.15) is 0 Å². The van der Waals surface area contributed by atoms with E-state index in [1.54, 1.807) is 0 Å². The van der Waals surface area contributed by atoms with Gasteiger partial charge in [0.1, 0.15) is 11.5 Å². The first-order valence-corrected chi connectivity index (χ1v) is 4.23. The van der Waals surface area contributed by atoms with E-state index in [1.807, 2.05) is 60.7 Å². The van der Waals surface area contributed by atoms with Crippen LogP contribution in [0.3, 0.4) is 0 Å². The largest absolute Gasteiger partial charge is 0.457 e. The minimum Gasteiger partial charge on any atom is -0.457 e. The third-order valence-electron chi connectivity index (χ3n) is 1.72. The zero-order valence-corrected chi connectivity index (χ0v) is 8.56. The summed E-state index contributed by atoms with van der Waals surface area (Å²) >= 11 is 0. The maximum atomic E-state index is 5.58. The molecule has 2 aromatic rings. The molecule has 0 aromatic heterocycles. The molecule has 0 spiro atoms. The van der Waals surface area contributed by atoms with Crippen molar-refractivity contribution < 1.29 is 21.5 Å². The second-order valence-electron chi connectivity index (χ2n) is 2.73. The summed E-state index contributed by atoms with van der Waals surface area (Å²) in [5.41, 5.74) is 0. The molecule has 0 aliphatic carbocycles. The van der Waals surface area contributed by atoms with E-state index in [1.165, 1.54) is 0 Å². The molecule has 1 radical (unpaired) electrons. The van der Waals surface area contributed by atoms with Crippen molar-refractivity contribution in [3.8, 4) is 11.5 Å². The van der Waals surface area contributed by atoms with Crippen molar-refractivity contribution in [2.75, 3.05) is 0 Å². The standard InChI is InChI=1S/C12H10O.Co/c1-3-7-11(8-4-1)13-12-9-5-2-6-10-12;/h1-10H;. The van der Waals surface area contributed by atoms with E-state index in [9.17, 15) is 0 Å². The predicted molar refractivity (Wildman–Crippen MR) is 53.0 cm³/mol. The van der Waals surface area contributed by atoms with Crippen LogP contribution in [0.25, 0.3) is 0 Å². The summed E-state index contributed by atoms with van der Waals surface area (Å²) < 4.78 is 5.58. The molecule has 14 heavy (non-hydrogen) atoms. The van der Waals surface area contributed by atoms with Crippen molar-refractivity contribution in [1.82, 2.24) is 0 Å². The Bertz CT molecular complexity index is 321. The molecule has 0 saturated carbocycles. The fourth-order valence-electron chi connectivity index (χ4n) is 1.11. The van der Waals surface area contributed by atoms with Crippen LogP contribution in [0.1, 0.15) is 0 Å². The Kier molecular flexibility index (Phi) is 4.23. The van der Waals surface area contributed by atoms with Gasteiger partial charge in [-0.15, -0.1) is 0 Å². The molecule has 0 N–H and O–H groups in total. The van der Waals surface area contributed by atoms with E-state index < -0.39 is 0 Å². The van der Waals surface area contributed by atoms with Crippen LogP contribution < -0.4 is 4.74 Å². The molecule has 0 aliphatic rings. The number of ether oxygens (including phenoxy) is 1. The van der Waals surface area contributed by atoms with Crippen LogP contribution in [0.4, 0.5) is 0 Å². The summed E-state index contributed by atoms with van der Waals surface area (Å²) in [5.74, 6) is 1.74. The molecule has 0 saturated heterocycles. The van der Waals surface area contributed by atoms with Crippen molar-refractivity contribution in [3.05, 3.63) is 60.7 Å². The van der Waals surface area contributed by atoms with Crippen LogP contribution in [0.2, 0.25) is 0 Å². The molecule has 2 aromatic carbocycles. The maximum absolute atomic E-state index is 5.58. The smallest absolute Gasteiger partial charge is 0.127 e. The quantitative estimate of drug-likeness (QED) is 0.766. The number of hydrogen-bond donors (Lipinski definition) is 0. The van der Waals surface area contributed by atoms with Gasteiger partial charge in [0.25, 0.3) is 0 Å². The van der Waals surface area contributed by atoms with E-state index >= 15 is 0 Å². The van der Waals surface area contributed by atoms with Crippen LogP contribution in [0.5, 0.6) is 11.5 Å². The first kappa shape index (κ1) is 10.8. The Balaban J connectivity index is 0.000000980. The maximum Gasteiger partial charge on any atom is 0.127 e. The van der Waals surface area contributed by atoms with Gasteiger partial charge in [0.15, 0.2) is 0 Å². The van der Waals surface area contributed by atoms with Gasteiger partial charge in [0.05, 0.1) is 0 Å². The van der Waals surface area contributed by atoms with E-state index in [-0.39, 0.29) is 16.8 Å². The van der Waals surface area contributed by atoms with Gasteiger partial charge in [0.2, 0.25) is 0 Å². The van der Waals surface area contributed by atoms with Crippen LogP contribution in [0.15, 0.2) is 60.7 Å². The summed E-state index contributed by atoms with van der Waals surface area (Å²) in [4.78, 5) is 0. The van der Waals surface area contributed by atoms with E-state index in [4.69, 9.17) is 4.74 Å². The summed E-state index contributed by atoms with van der Waals surface area (Å²) in [7, 11) is 0. The molecule has 0 amide bonds. The third-order valence-corrected chi connectivity index (χ3v) is 1.72. The van der Waals surface area contributed by atoms with Gasteiger partial charge in [-0.1, -0.05) is 36.4 Å². The average Bonchev–Trinajstić information content (AvgIpc) is 2.21. The Morgan fingerprint density at radius 1 is 0.571 bits per heavy atom. The topological polar surface area (TPSA) is 9.23 Å². The Labute approximate surface area is 93.9 Å². The number of hydrogen-bond acceptors (Lipinski definition) is 1. The third kappa shape index (κ3) is 2.90. The van der Waals surface area contributed by atoms with Crippen LogP contribution in [-0.2, 0) is 16.8 Å². The molecule has 0 fully saturated rings. The molecular formula is C12H10CoO. The first-order chi connectivity index (χ1) is 6.45. The second kappa shape index (κ2) is 5.47. The van der Waals surface area contributed by atoms with Gasteiger partial charge in [-0.3, -0.25) is 0 Å². The molecular weight excluding hydrogens is 219 g/mol. The van der Waals surface area contributed by atoms with Crippen LogP contribution in [-0.4, -0.2) is 0 Å². The number of benzene rings is 2. The van der Waals surface area contributed by atoms with Gasteiger partial charge in [0, 0.05) is 16.8 Å². The number of para-hydroxylation sites is 2. The fourth-order valence-corrected chi connectivity index (χ4v) is 1.11. The minimum absolute atomic E-state index is 0. The van der Waals surface area contributed by atoms with Crippen molar-refractivity contribution >= 4 is 0 Å². The zero-order chi connectivity index (χ0) is 8.93. The summed E-state index contributed by atoms with van der Waals surface area (Å²) in [6.07, 6.45) is 0. The van der Waals surface area contributed by atoms with Gasteiger partial charge < -0.3 is 4.74 Å². The Hall–Kier alpha value is -1.25. The molecule has 0 unspecified atom stereocenters. The van der Waals surface area contributed by atoms with Crippen molar-refractivity contribution in [2.45, 2.75) is 0 Å². The predicted octanol–water partition coefficient (Wildman–Crippen LogP) is 3.48. The zero-order valence-electron chi connectivity index (χ0n) is 7.52. The van der Waals surface area contributed by atoms with Crippen LogP contribution in [0, 0.1) is 0 Å². The molecule has 0 bridgehead atoms. The molecule has 1 nitrogen and oxygen atoms in total. The Morgan fingerprint density at radius 2 is 0.929 bits per heavy atom. The van der Waals surface area contributed by atoms with Crippen molar-refractivity contribution in [3.63, 3.8) is 0 Å². The van der Waals surface area contributed by atoms with Crippen molar-refractivity contribution in [1.29, 1.82) is 0 Å². The fraction of sp³-hybridized carbons (Fsp3) is 0. The van der Waals surface area contributed by atoms with E-state index in [2.05, 4.69) is 0 Å². The normalized spacial score (nSPS) is 8.86. The molecule has 0 atom stereocenters. The average molecular weight is 229 g/mol. The molecule has 2 heteroatoms. The monoisotopic (exact) mass is 229 g/mol. The summed E-state index contributed by atoms with van der Waals surface area (Å²) in [5, 5.41) is 0. The van der Waals surface area contributed by atoms with Crippen molar-refractivity contribution in [2.24, 2.45) is 0 Å². The van der Waals surface area contributed by atoms with Crippen LogP contribution >= 0.6 is 0 Å². The van der Waals surface area contributed by atoms with Gasteiger partial charge in [-0.25, -0.2) is 0 Å². The summed E-state index contributed by atoms with van der Waals surface area (Å²) in [6.45, 7) is 0. The molecule has 0 heterocycles. The number of rotatable bonds is 2. The van der Waals surface area contributed by atoms with Gasteiger partial charge >= 0.3 is 0 Å². The molecule has 2 rings (SSSR count). The molecule has 0 aliphatic heterocycles. The van der Waals surface area contributed by atoms with E-state index in [0.29, 0.717) is 0 Å². The van der Waals surface area contributed by atoms with Gasteiger partial charge in [-0.05, 0) is 24.3 Å². The molecule has 73 valence electrons. The first-order valence-electron chi connectivity index (χ1n) is 4.23. The van der Waals surface area contributed by atoms with E-state index in [0.717, 1.165) is 11.5 Å².